The Bertz CT molecular complexity index is 1150. The fourth-order valence-corrected chi connectivity index (χ4v) is 3.77. The van der Waals surface area contributed by atoms with E-state index in [0.717, 1.165) is 16.8 Å². The van der Waals surface area contributed by atoms with E-state index in [1.165, 1.54) is 23.2 Å². The van der Waals surface area contributed by atoms with Gasteiger partial charge in [0.15, 0.2) is 10.8 Å². The zero-order chi connectivity index (χ0) is 20.4. The first-order valence-electron chi connectivity index (χ1n) is 8.93. The standard InChI is InChI=1S/C22H17N3O3S/c1-14-8-6-7-11-18(14)20-24-19(21(27)28-20)12-16-13-29-22(23-16)25(15(2)26)17-9-4-3-5-10-17/h3-13H,1-2H3/b19-12-. The van der Waals surface area contributed by atoms with Crippen LogP contribution in [0.3, 0.4) is 0 Å². The van der Waals surface area contributed by atoms with Gasteiger partial charge in [-0.2, -0.15) is 0 Å². The number of para-hydroxylation sites is 1. The van der Waals surface area contributed by atoms with E-state index in [2.05, 4.69) is 9.98 Å². The van der Waals surface area contributed by atoms with Crippen LogP contribution >= 0.6 is 11.3 Å². The molecule has 1 aromatic heterocycles. The molecule has 7 heteroatoms. The van der Waals surface area contributed by atoms with Gasteiger partial charge in [-0.05, 0) is 36.8 Å². The molecule has 144 valence electrons. The number of cyclic esters (lactones) is 1. The average Bonchev–Trinajstić information content (AvgIpc) is 3.30. The number of aryl methyl sites for hydroxylation is 1. The van der Waals surface area contributed by atoms with Crippen LogP contribution in [0.15, 0.2) is 70.7 Å². The molecule has 0 N–H and O–H groups in total. The van der Waals surface area contributed by atoms with Gasteiger partial charge in [-0.1, -0.05) is 36.4 Å². The van der Waals surface area contributed by atoms with E-state index in [-0.39, 0.29) is 17.5 Å². The summed E-state index contributed by atoms with van der Waals surface area (Å²) < 4.78 is 5.33. The first kappa shape index (κ1) is 18.8. The second kappa shape index (κ2) is 7.81. The summed E-state index contributed by atoms with van der Waals surface area (Å²) in [6.45, 7) is 3.42. The highest BCUT2D eigenvalue weighted by molar-refractivity contribution is 7.14. The summed E-state index contributed by atoms with van der Waals surface area (Å²) in [6.07, 6.45) is 1.57. The number of esters is 1. The van der Waals surface area contributed by atoms with Gasteiger partial charge in [0.1, 0.15) is 0 Å². The third kappa shape index (κ3) is 3.86. The van der Waals surface area contributed by atoms with E-state index in [1.54, 1.807) is 11.5 Å². The Hall–Kier alpha value is -3.58. The van der Waals surface area contributed by atoms with Crippen molar-refractivity contribution in [3.8, 4) is 0 Å². The van der Waals surface area contributed by atoms with Crippen molar-refractivity contribution in [2.45, 2.75) is 13.8 Å². The predicted molar refractivity (Wildman–Crippen MR) is 113 cm³/mol. The molecule has 0 aliphatic carbocycles. The third-order valence-corrected chi connectivity index (χ3v) is 5.16. The van der Waals surface area contributed by atoms with E-state index >= 15 is 0 Å². The minimum atomic E-state index is -0.524. The molecule has 29 heavy (non-hydrogen) atoms. The molecule has 4 rings (SSSR count). The highest BCUT2D eigenvalue weighted by Gasteiger charge is 2.25. The topological polar surface area (TPSA) is 71.9 Å². The Balaban J connectivity index is 1.64. The van der Waals surface area contributed by atoms with Gasteiger partial charge < -0.3 is 4.74 Å². The second-order valence-corrected chi connectivity index (χ2v) is 7.23. The van der Waals surface area contributed by atoms with Crippen LogP contribution in [-0.2, 0) is 14.3 Å². The molecule has 0 radical (unpaired) electrons. The molecule has 0 saturated heterocycles. The largest absolute Gasteiger partial charge is 0.402 e. The smallest absolute Gasteiger partial charge is 0.363 e. The van der Waals surface area contributed by atoms with Crippen LogP contribution in [0.1, 0.15) is 23.7 Å². The van der Waals surface area contributed by atoms with E-state index in [9.17, 15) is 9.59 Å². The number of carbonyl (C=O) groups excluding carboxylic acids is 2. The molecule has 2 aromatic carbocycles. The van der Waals surface area contributed by atoms with Crippen molar-refractivity contribution in [2.75, 3.05) is 4.90 Å². The molecule has 0 saturated carbocycles. The number of nitrogens with zero attached hydrogens (tertiary/aromatic N) is 3. The van der Waals surface area contributed by atoms with Gasteiger partial charge in [0.2, 0.25) is 11.8 Å². The van der Waals surface area contributed by atoms with Crippen molar-refractivity contribution >= 4 is 46.0 Å². The van der Waals surface area contributed by atoms with Gasteiger partial charge >= 0.3 is 5.97 Å². The summed E-state index contributed by atoms with van der Waals surface area (Å²) >= 11 is 1.31. The van der Waals surface area contributed by atoms with Crippen LogP contribution in [0.5, 0.6) is 0 Å². The monoisotopic (exact) mass is 403 g/mol. The summed E-state index contributed by atoms with van der Waals surface area (Å²) in [4.78, 5) is 34.8. The highest BCUT2D eigenvalue weighted by Crippen LogP contribution is 2.30. The lowest BCUT2D eigenvalue weighted by Crippen LogP contribution is -2.22. The Morgan fingerprint density at radius 2 is 1.83 bits per heavy atom. The van der Waals surface area contributed by atoms with Crippen LogP contribution in [0.25, 0.3) is 6.08 Å². The molecular formula is C22H17N3O3S. The number of carbonyl (C=O) groups is 2. The van der Waals surface area contributed by atoms with Gasteiger partial charge in [0, 0.05) is 17.9 Å². The summed E-state index contributed by atoms with van der Waals surface area (Å²) in [5, 5.41) is 2.29. The lowest BCUT2D eigenvalue weighted by molar-refractivity contribution is -0.130. The highest BCUT2D eigenvalue weighted by atomic mass is 32.1. The second-order valence-electron chi connectivity index (χ2n) is 6.40. The maximum atomic E-state index is 12.3. The number of amides is 1. The Morgan fingerprint density at radius 3 is 2.55 bits per heavy atom. The lowest BCUT2D eigenvalue weighted by atomic mass is 10.1. The zero-order valence-electron chi connectivity index (χ0n) is 15.8. The van der Waals surface area contributed by atoms with E-state index in [1.807, 2.05) is 61.5 Å². The van der Waals surface area contributed by atoms with E-state index in [4.69, 9.17) is 4.74 Å². The first-order chi connectivity index (χ1) is 14.0. The molecule has 0 atom stereocenters. The van der Waals surface area contributed by atoms with Crippen LogP contribution in [0, 0.1) is 6.92 Å². The number of aliphatic imine (C=N–C) groups is 1. The Morgan fingerprint density at radius 1 is 1.10 bits per heavy atom. The van der Waals surface area contributed by atoms with Crippen molar-refractivity contribution in [2.24, 2.45) is 4.99 Å². The molecule has 0 fully saturated rings. The van der Waals surface area contributed by atoms with Gasteiger partial charge in [-0.3, -0.25) is 9.69 Å². The van der Waals surface area contributed by atoms with Crippen molar-refractivity contribution in [1.29, 1.82) is 0 Å². The summed E-state index contributed by atoms with van der Waals surface area (Å²) in [7, 11) is 0. The van der Waals surface area contributed by atoms with E-state index in [0.29, 0.717) is 10.8 Å². The number of thiazole rings is 1. The van der Waals surface area contributed by atoms with Gasteiger partial charge in [0.25, 0.3) is 0 Å². The fraction of sp³-hybridized carbons (Fsp3) is 0.0909. The molecule has 1 aliphatic rings. The minimum Gasteiger partial charge on any atom is -0.402 e. The fourth-order valence-electron chi connectivity index (χ4n) is 2.93. The van der Waals surface area contributed by atoms with Crippen molar-refractivity contribution < 1.29 is 14.3 Å². The zero-order valence-corrected chi connectivity index (χ0v) is 16.6. The van der Waals surface area contributed by atoms with Gasteiger partial charge in [0.05, 0.1) is 11.4 Å². The summed E-state index contributed by atoms with van der Waals surface area (Å²) in [5.41, 5.74) is 3.18. The quantitative estimate of drug-likeness (QED) is 0.476. The molecule has 0 bridgehead atoms. The predicted octanol–water partition coefficient (Wildman–Crippen LogP) is 4.48. The molecule has 1 amide bonds. The van der Waals surface area contributed by atoms with Crippen LogP contribution < -0.4 is 4.90 Å². The number of anilines is 2. The van der Waals surface area contributed by atoms with Gasteiger partial charge in [-0.25, -0.2) is 14.8 Å². The molecule has 0 spiro atoms. The SMILES string of the molecule is CC(=O)N(c1ccccc1)c1nc(/C=C2\N=C(c3ccccc3C)OC2=O)cs1. The number of ether oxygens (including phenoxy) is 1. The Kier molecular flexibility index (Phi) is 5.05. The van der Waals surface area contributed by atoms with Crippen LogP contribution in [0.4, 0.5) is 10.8 Å². The van der Waals surface area contributed by atoms with Crippen molar-refractivity contribution in [3.63, 3.8) is 0 Å². The molecule has 2 heterocycles. The minimum absolute atomic E-state index is 0.148. The lowest BCUT2D eigenvalue weighted by Gasteiger charge is -2.17. The first-order valence-corrected chi connectivity index (χ1v) is 9.81. The van der Waals surface area contributed by atoms with Crippen molar-refractivity contribution in [1.82, 2.24) is 4.98 Å². The van der Waals surface area contributed by atoms with Crippen molar-refractivity contribution in [3.05, 3.63) is 82.5 Å². The average molecular weight is 403 g/mol. The number of benzene rings is 2. The maximum Gasteiger partial charge on any atom is 0.363 e. The molecule has 3 aromatic rings. The van der Waals surface area contributed by atoms with Crippen LogP contribution in [-0.4, -0.2) is 22.8 Å². The Labute approximate surface area is 171 Å². The number of rotatable bonds is 4. The number of hydrogen-bond acceptors (Lipinski definition) is 6. The molecule has 0 unspecified atom stereocenters. The van der Waals surface area contributed by atoms with E-state index < -0.39 is 5.97 Å². The van der Waals surface area contributed by atoms with Gasteiger partial charge in [-0.15, -0.1) is 11.3 Å². The molecule has 1 aliphatic heterocycles. The molecule has 6 nitrogen and oxygen atoms in total. The molecular weight excluding hydrogens is 386 g/mol. The van der Waals surface area contributed by atoms with Crippen LogP contribution in [0.2, 0.25) is 0 Å². The third-order valence-electron chi connectivity index (χ3n) is 4.31. The summed E-state index contributed by atoms with van der Waals surface area (Å²) in [6, 6.07) is 16.9. The number of aromatic nitrogens is 1. The summed E-state index contributed by atoms with van der Waals surface area (Å²) in [5.74, 6) is -0.390. The normalized spacial score (nSPS) is 14.6. The maximum absolute atomic E-state index is 12.3. The number of hydrogen-bond donors (Lipinski definition) is 0.